The Morgan fingerprint density at radius 2 is 2.31 bits per heavy atom. The number of hydrogen-bond acceptors (Lipinski definition) is 3. The van der Waals surface area contributed by atoms with Crippen molar-refractivity contribution in [3.63, 3.8) is 0 Å². The highest BCUT2D eigenvalue weighted by molar-refractivity contribution is 5.28. The number of hydrogen-bond donors (Lipinski definition) is 0. The first-order valence-corrected chi connectivity index (χ1v) is 3.98. The average Bonchev–Trinajstić information content (AvgIpc) is 2.57. The molecule has 3 heteroatoms. The van der Waals surface area contributed by atoms with Crippen molar-refractivity contribution in [3.05, 3.63) is 42.3 Å². The molecule has 0 saturated carbocycles. The third kappa shape index (κ3) is 1.87. The number of nitrogens with zero attached hydrogens (tertiary/aromatic N) is 1. The van der Waals surface area contributed by atoms with E-state index in [9.17, 15) is 0 Å². The molecule has 0 atom stereocenters. The molecule has 2 rings (SSSR count). The number of ether oxygens (including phenoxy) is 1. The summed E-state index contributed by atoms with van der Waals surface area (Å²) in [6.45, 7) is 2.00. The van der Waals surface area contributed by atoms with Crippen LogP contribution in [0.2, 0.25) is 0 Å². The van der Waals surface area contributed by atoms with Crippen LogP contribution in [-0.2, 0) is 0 Å². The summed E-state index contributed by atoms with van der Waals surface area (Å²) >= 11 is 0. The third-order valence-electron chi connectivity index (χ3n) is 1.60. The molecular weight excluding hydrogens is 166 g/mol. The van der Waals surface area contributed by atoms with E-state index in [4.69, 9.17) is 9.15 Å². The molecule has 0 radical (unpaired) electrons. The Morgan fingerprint density at radius 1 is 1.38 bits per heavy atom. The zero-order valence-electron chi connectivity index (χ0n) is 7.23. The van der Waals surface area contributed by atoms with Gasteiger partial charge in [0.15, 0.2) is 0 Å². The van der Waals surface area contributed by atoms with Gasteiger partial charge in [-0.2, -0.15) is 4.98 Å². The molecule has 0 amide bonds. The van der Waals surface area contributed by atoms with Crippen LogP contribution < -0.4 is 4.74 Å². The maximum atomic E-state index is 5.32. The van der Waals surface area contributed by atoms with Crippen LogP contribution >= 0.6 is 0 Å². The van der Waals surface area contributed by atoms with Crippen molar-refractivity contribution in [3.8, 4) is 11.8 Å². The minimum atomic E-state index is 0.269. The maximum absolute atomic E-state index is 5.32. The molecule has 2 aromatic rings. The minimum absolute atomic E-state index is 0.269. The van der Waals surface area contributed by atoms with Gasteiger partial charge in [-0.3, -0.25) is 0 Å². The lowest BCUT2D eigenvalue weighted by atomic mass is 10.2. The van der Waals surface area contributed by atoms with E-state index in [1.807, 2.05) is 31.2 Å². The fourth-order valence-electron chi connectivity index (χ4n) is 1.04. The summed E-state index contributed by atoms with van der Waals surface area (Å²) in [5.74, 6) is 0.738. The van der Waals surface area contributed by atoms with Crippen molar-refractivity contribution in [1.29, 1.82) is 0 Å². The predicted octanol–water partition coefficient (Wildman–Crippen LogP) is 2.78. The van der Waals surface area contributed by atoms with Crippen molar-refractivity contribution in [2.75, 3.05) is 0 Å². The Balaban J connectivity index is 2.19. The minimum Gasteiger partial charge on any atom is -0.417 e. The zero-order valence-corrected chi connectivity index (χ0v) is 7.23. The fraction of sp³-hybridized carbons (Fsp3) is 0.100. The molecule has 1 aromatic carbocycles. The topological polar surface area (TPSA) is 35.3 Å². The van der Waals surface area contributed by atoms with E-state index in [2.05, 4.69) is 4.98 Å². The van der Waals surface area contributed by atoms with Gasteiger partial charge >= 0.3 is 6.08 Å². The van der Waals surface area contributed by atoms with Gasteiger partial charge in [-0.1, -0.05) is 12.1 Å². The predicted molar refractivity (Wildman–Crippen MR) is 47.8 cm³/mol. The monoisotopic (exact) mass is 175 g/mol. The first-order valence-electron chi connectivity index (χ1n) is 3.98. The molecule has 3 nitrogen and oxygen atoms in total. The van der Waals surface area contributed by atoms with E-state index < -0.39 is 0 Å². The second-order valence-electron chi connectivity index (χ2n) is 2.72. The highest BCUT2D eigenvalue weighted by atomic mass is 16.6. The van der Waals surface area contributed by atoms with Gasteiger partial charge in [0, 0.05) is 0 Å². The Labute approximate surface area is 76.0 Å². The van der Waals surface area contributed by atoms with Crippen molar-refractivity contribution >= 4 is 0 Å². The van der Waals surface area contributed by atoms with Gasteiger partial charge in [0.2, 0.25) is 0 Å². The lowest BCUT2D eigenvalue weighted by molar-refractivity contribution is 0.330. The quantitative estimate of drug-likeness (QED) is 0.703. The standard InChI is InChI=1S/C10H9NO2/c1-8-3-2-4-9(7-8)13-10-11-5-6-12-10/h2-7H,1H3. The molecule has 0 unspecified atom stereocenters. The summed E-state index contributed by atoms with van der Waals surface area (Å²) in [6, 6.07) is 7.71. The Morgan fingerprint density at radius 3 is 3.00 bits per heavy atom. The van der Waals surface area contributed by atoms with Crippen LogP contribution in [0.3, 0.4) is 0 Å². The van der Waals surface area contributed by atoms with E-state index in [1.54, 1.807) is 6.20 Å². The number of aryl methyl sites for hydroxylation is 1. The number of aromatic nitrogens is 1. The second kappa shape index (κ2) is 3.31. The van der Waals surface area contributed by atoms with Gasteiger partial charge in [-0.15, -0.1) is 0 Å². The molecule has 0 aliphatic carbocycles. The maximum Gasteiger partial charge on any atom is 0.399 e. The van der Waals surface area contributed by atoms with Crippen LogP contribution in [0.25, 0.3) is 0 Å². The lowest BCUT2D eigenvalue weighted by Crippen LogP contribution is -1.83. The smallest absolute Gasteiger partial charge is 0.399 e. The van der Waals surface area contributed by atoms with E-state index in [-0.39, 0.29) is 6.08 Å². The number of oxazole rings is 1. The molecule has 0 aliphatic heterocycles. The average molecular weight is 175 g/mol. The molecule has 0 bridgehead atoms. The lowest BCUT2D eigenvalue weighted by Gasteiger charge is -2.00. The molecule has 1 heterocycles. The SMILES string of the molecule is Cc1cccc(Oc2ncco2)c1. The van der Waals surface area contributed by atoms with Crippen molar-refractivity contribution in [2.24, 2.45) is 0 Å². The summed E-state index contributed by atoms with van der Waals surface area (Å²) in [7, 11) is 0. The van der Waals surface area contributed by atoms with Crippen LogP contribution in [0, 0.1) is 6.92 Å². The molecule has 66 valence electrons. The largest absolute Gasteiger partial charge is 0.417 e. The van der Waals surface area contributed by atoms with Gasteiger partial charge in [0.25, 0.3) is 0 Å². The summed E-state index contributed by atoms with van der Waals surface area (Å²) < 4.78 is 10.3. The molecule has 0 saturated heterocycles. The van der Waals surface area contributed by atoms with Gasteiger partial charge in [-0.25, -0.2) is 0 Å². The summed E-state index contributed by atoms with van der Waals surface area (Å²) in [5.41, 5.74) is 1.14. The first-order chi connectivity index (χ1) is 6.34. The summed E-state index contributed by atoms with van der Waals surface area (Å²) in [6.07, 6.45) is 3.29. The van der Waals surface area contributed by atoms with E-state index >= 15 is 0 Å². The first kappa shape index (κ1) is 7.86. The van der Waals surface area contributed by atoms with Crippen LogP contribution in [-0.4, -0.2) is 4.98 Å². The van der Waals surface area contributed by atoms with Crippen LogP contribution in [0.4, 0.5) is 0 Å². The van der Waals surface area contributed by atoms with Crippen LogP contribution in [0.1, 0.15) is 5.56 Å². The van der Waals surface area contributed by atoms with Crippen molar-refractivity contribution in [2.45, 2.75) is 6.92 Å². The van der Waals surface area contributed by atoms with Crippen LogP contribution in [0.5, 0.6) is 11.8 Å². The summed E-state index contributed by atoms with van der Waals surface area (Å²) in [5, 5.41) is 0. The molecule has 0 fully saturated rings. The summed E-state index contributed by atoms with van der Waals surface area (Å²) in [4.78, 5) is 3.85. The second-order valence-corrected chi connectivity index (χ2v) is 2.72. The molecule has 13 heavy (non-hydrogen) atoms. The molecule has 0 aliphatic rings. The molecular formula is C10H9NO2. The highest BCUT2D eigenvalue weighted by Gasteiger charge is 1.99. The van der Waals surface area contributed by atoms with Gasteiger partial charge in [-0.05, 0) is 24.6 Å². The third-order valence-corrected chi connectivity index (χ3v) is 1.60. The van der Waals surface area contributed by atoms with E-state index in [0.29, 0.717) is 0 Å². The Kier molecular flexibility index (Phi) is 2.00. The molecule has 0 N–H and O–H groups in total. The highest BCUT2D eigenvalue weighted by Crippen LogP contribution is 2.19. The number of rotatable bonds is 2. The van der Waals surface area contributed by atoms with Crippen molar-refractivity contribution in [1.82, 2.24) is 4.98 Å². The zero-order chi connectivity index (χ0) is 9.10. The van der Waals surface area contributed by atoms with Gasteiger partial charge in [0.05, 0.1) is 6.20 Å². The van der Waals surface area contributed by atoms with Crippen molar-refractivity contribution < 1.29 is 9.15 Å². The fourth-order valence-corrected chi connectivity index (χ4v) is 1.04. The van der Waals surface area contributed by atoms with E-state index in [1.165, 1.54) is 6.26 Å². The molecule has 1 aromatic heterocycles. The van der Waals surface area contributed by atoms with Gasteiger partial charge in [0.1, 0.15) is 12.0 Å². The van der Waals surface area contributed by atoms with Gasteiger partial charge < -0.3 is 9.15 Å². The van der Waals surface area contributed by atoms with E-state index in [0.717, 1.165) is 11.3 Å². The Hall–Kier alpha value is -1.77. The van der Waals surface area contributed by atoms with Crippen LogP contribution in [0.15, 0.2) is 41.1 Å². The normalized spacial score (nSPS) is 9.92. The number of benzene rings is 1. The Bertz CT molecular complexity index is 382. The molecule has 0 spiro atoms.